The Balaban J connectivity index is 0.000000694. The highest BCUT2D eigenvalue weighted by Crippen LogP contribution is 2.67. The van der Waals surface area contributed by atoms with Crippen LogP contribution in [0.4, 0.5) is 0 Å². The number of unbranched alkanes of at least 4 members (excludes halogenated alkanes) is 3. The monoisotopic (exact) mass is 494 g/mol. The lowest BCUT2D eigenvalue weighted by molar-refractivity contribution is -0.0518. The Morgan fingerprint density at radius 3 is 2.28 bits per heavy atom. The molecule has 0 N–H and O–H groups in total. The fourth-order valence-electron chi connectivity index (χ4n) is 9.18. The van der Waals surface area contributed by atoms with Crippen LogP contribution in [-0.2, 0) is 0 Å². The molecule has 0 spiro atoms. The van der Waals surface area contributed by atoms with Crippen LogP contribution in [-0.4, -0.2) is 0 Å². The van der Waals surface area contributed by atoms with Gasteiger partial charge in [-0.2, -0.15) is 0 Å². The molecule has 0 amide bonds. The van der Waals surface area contributed by atoms with Crippen LogP contribution in [0.15, 0.2) is 23.3 Å². The molecule has 4 aliphatic rings. The molecule has 0 aromatic rings. The van der Waals surface area contributed by atoms with Crippen molar-refractivity contribution in [3.8, 4) is 12.8 Å². The fourth-order valence-corrected chi connectivity index (χ4v) is 9.18. The van der Waals surface area contributed by atoms with E-state index in [4.69, 9.17) is 0 Å². The largest absolute Gasteiger partial charge is 0.124 e. The lowest BCUT2D eigenvalue weighted by Crippen LogP contribution is -2.50. The molecule has 0 radical (unpaired) electrons. The van der Waals surface area contributed by atoms with Crippen LogP contribution in [0.2, 0.25) is 0 Å². The highest BCUT2D eigenvalue weighted by Gasteiger charge is 2.59. The van der Waals surface area contributed by atoms with E-state index in [2.05, 4.69) is 80.4 Å². The summed E-state index contributed by atoms with van der Waals surface area (Å²) in [6, 6.07) is 0. The van der Waals surface area contributed by atoms with E-state index in [0.29, 0.717) is 10.8 Å². The van der Waals surface area contributed by atoms with Crippen molar-refractivity contribution in [3.63, 3.8) is 0 Å². The number of allylic oxidation sites excluding steroid dienone is 4. The summed E-state index contributed by atoms with van der Waals surface area (Å²) in [4.78, 5) is 0. The first-order valence-corrected chi connectivity index (χ1v) is 15.9. The Labute approximate surface area is 227 Å². The summed E-state index contributed by atoms with van der Waals surface area (Å²) < 4.78 is 0. The third kappa shape index (κ3) is 6.36. The summed E-state index contributed by atoms with van der Waals surface area (Å²) in [5, 5.41) is 0. The van der Waals surface area contributed by atoms with Crippen LogP contribution in [0.1, 0.15) is 145 Å². The molecule has 0 saturated heterocycles. The van der Waals surface area contributed by atoms with Crippen LogP contribution in [0, 0.1) is 59.2 Å². The van der Waals surface area contributed by atoms with E-state index in [1.807, 2.05) is 5.57 Å². The van der Waals surface area contributed by atoms with E-state index in [0.717, 1.165) is 35.5 Å². The Bertz CT molecular complexity index is 734. The van der Waals surface area contributed by atoms with Crippen molar-refractivity contribution in [2.24, 2.45) is 46.3 Å². The van der Waals surface area contributed by atoms with Crippen molar-refractivity contribution in [1.29, 1.82) is 0 Å². The molecular weight excluding hydrogens is 432 g/mol. The lowest BCUT2D eigenvalue weighted by Gasteiger charge is -2.58. The maximum atomic E-state index is 4.00. The number of fused-ring (bicyclic) bond motifs is 5. The first-order chi connectivity index (χ1) is 17.3. The SMILES string of the molecule is C#C.C/C=C(/C)C1CCC2(C)C(=CCC3C2CCC2(C)C3CCC2[C@H](C)CCCCC)C1.CCCC. The van der Waals surface area contributed by atoms with Crippen LogP contribution < -0.4 is 0 Å². The van der Waals surface area contributed by atoms with Gasteiger partial charge in [-0.15, -0.1) is 12.8 Å². The van der Waals surface area contributed by atoms with Gasteiger partial charge in [-0.25, -0.2) is 0 Å². The third-order valence-corrected chi connectivity index (χ3v) is 11.7. The smallest absolute Gasteiger partial charge is 0.00849 e. The zero-order valence-corrected chi connectivity index (χ0v) is 25.7. The second kappa shape index (κ2) is 14.3. The molecule has 0 heterocycles. The molecular formula is C36H62. The lowest BCUT2D eigenvalue weighted by atomic mass is 9.46. The van der Waals surface area contributed by atoms with Crippen molar-refractivity contribution in [2.45, 2.75) is 145 Å². The summed E-state index contributed by atoms with van der Waals surface area (Å²) in [5.41, 5.74) is 4.63. The van der Waals surface area contributed by atoms with Gasteiger partial charge in [0, 0.05) is 0 Å². The molecule has 3 fully saturated rings. The summed E-state index contributed by atoms with van der Waals surface area (Å²) in [6.07, 6.45) is 33.2. The van der Waals surface area contributed by atoms with E-state index < -0.39 is 0 Å². The number of hydrogen-bond donors (Lipinski definition) is 0. The molecule has 4 aliphatic carbocycles. The Morgan fingerprint density at radius 2 is 1.67 bits per heavy atom. The molecule has 0 aromatic heterocycles. The van der Waals surface area contributed by atoms with Gasteiger partial charge in [0.25, 0.3) is 0 Å². The predicted octanol–water partition coefficient (Wildman–Crippen LogP) is 11.4. The van der Waals surface area contributed by atoms with Gasteiger partial charge in [-0.3, -0.25) is 0 Å². The van der Waals surface area contributed by atoms with E-state index in [1.165, 1.54) is 89.9 Å². The summed E-state index contributed by atoms with van der Waals surface area (Å²) in [5.74, 6) is 5.69. The van der Waals surface area contributed by atoms with Gasteiger partial charge in [0.2, 0.25) is 0 Å². The number of terminal acetylenes is 1. The highest BCUT2D eigenvalue weighted by atomic mass is 14.6. The van der Waals surface area contributed by atoms with Gasteiger partial charge < -0.3 is 0 Å². The standard InChI is InChI=1S/C30H50.C4H10.C2H2/c1-7-9-10-11-22(4)26-14-15-27-25-13-12-24-20-23(21(3)8-2)16-18-29(24,5)28(25)17-19-30(26,27)6;1-3-4-2;1-2/h8,12,22-23,25-28H,7,9-11,13-20H2,1-6H3;3-4H2,1-2H3;1-2H/b21-8-;;/t22-,23?,25?,26?,27?,28?,29?,30?;;/m1../s1. The maximum absolute atomic E-state index is 4.00. The van der Waals surface area contributed by atoms with Gasteiger partial charge in [0.1, 0.15) is 0 Å². The van der Waals surface area contributed by atoms with Gasteiger partial charge in [0.15, 0.2) is 0 Å². The van der Waals surface area contributed by atoms with Gasteiger partial charge in [0.05, 0.1) is 0 Å². The van der Waals surface area contributed by atoms with Gasteiger partial charge in [-0.05, 0) is 112 Å². The molecule has 0 aromatic carbocycles. The van der Waals surface area contributed by atoms with E-state index in [-0.39, 0.29) is 0 Å². The molecule has 0 bridgehead atoms. The minimum absolute atomic E-state index is 0.513. The third-order valence-electron chi connectivity index (χ3n) is 11.7. The van der Waals surface area contributed by atoms with Crippen molar-refractivity contribution in [3.05, 3.63) is 23.3 Å². The van der Waals surface area contributed by atoms with Crippen molar-refractivity contribution in [1.82, 2.24) is 0 Å². The average Bonchev–Trinajstić information content (AvgIpc) is 3.26. The first-order valence-electron chi connectivity index (χ1n) is 15.9. The highest BCUT2D eigenvalue weighted by molar-refractivity contribution is 5.27. The minimum atomic E-state index is 0.513. The molecule has 0 nitrogen and oxygen atoms in total. The van der Waals surface area contributed by atoms with E-state index >= 15 is 0 Å². The molecule has 0 heteroatoms. The predicted molar refractivity (Wildman–Crippen MR) is 162 cm³/mol. The summed E-state index contributed by atoms with van der Waals surface area (Å²) >= 11 is 0. The topological polar surface area (TPSA) is 0 Å². The molecule has 4 rings (SSSR count). The van der Waals surface area contributed by atoms with Gasteiger partial charge in [-0.1, -0.05) is 103 Å². The van der Waals surface area contributed by atoms with E-state index in [1.54, 1.807) is 5.57 Å². The fraction of sp³-hybridized carbons (Fsp3) is 0.833. The van der Waals surface area contributed by atoms with Crippen LogP contribution in [0.5, 0.6) is 0 Å². The molecule has 36 heavy (non-hydrogen) atoms. The van der Waals surface area contributed by atoms with Gasteiger partial charge >= 0.3 is 0 Å². The molecule has 8 atom stereocenters. The van der Waals surface area contributed by atoms with Crippen molar-refractivity contribution >= 4 is 0 Å². The average molecular weight is 495 g/mol. The Morgan fingerprint density at radius 1 is 0.972 bits per heavy atom. The second-order valence-corrected chi connectivity index (χ2v) is 13.4. The second-order valence-electron chi connectivity index (χ2n) is 13.4. The molecule has 3 saturated carbocycles. The van der Waals surface area contributed by atoms with Crippen molar-refractivity contribution < 1.29 is 0 Å². The zero-order chi connectivity index (χ0) is 26.9. The molecule has 206 valence electrons. The minimum Gasteiger partial charge on any atom is -0.124 e. The summed E-state index contributed by atoms with van der Waals surface area (Å²) in [7, 11) is 0. The molecule has 7 unspecified atom stereocenters. The van der Waals surface area contributed by atoms with Crippen LogP contribution in [0.25, 0.3) is 0 Å². The summed E-state index contributed by atoms with van der Waals surface area (Å²) in [6.45, 7) is 19.3. The van der Waals surface area contributed by atoms with Crippen molar-refractivity contribution in [2.75, 3.05) is 0 Å². The van der Waals surface area contributed by atoms with E-state index in [9.17, 15) is 0 Å². The Kier molecular flexibility index (Phi) is 12.4. The zero-order valence-electron chi connectivity index (χ0n) is 25.7. The van der Waals surface area contributed by atoms with Crippen LogP contribution >= 0.6 is 0 Å². The Hall–Kier alpha value is -0.960. The number of rotatable bonds is 7. The molecule has 0 aliphatic heterocycles. The maximum Gasteiger partial charge on any atom is -0.00849 e. The quantitative estimate of drug-likeness (QED) is 0.187. The van der Waals surface area contributed by atoms with Crippen LogP contribution in [0.3, 0.4) is 0 Å². The number of hydrogen-bond acceptors (Lipinski definition) is 0. The normalized spacial score (nSPS) is 38.1. The first kappa shape index (κ1) is 31.3.